The summed E-state index contributed by atoms with van der Waals surface area (Å²) in [4.78, 5) is 30.1. The Balaban J connectivity index is 1.50. The molecule has 0 aliphatic carbocycles. The summed E-state index contributed by atoms with van der Waals surface area (Å²) in [6, 6.07) is 2.03. The largest absolute Gasteiger partial charge is 0.369 e. The van der Waals surface area contributed by atoms with Gasteiger partial charge in [0.25, 0.3) is 0 Å². The van der Waals surface area contributed by atoms with Crippen LogP contribution in [0.5, 0.6) is 0 Å². The Bertz CT molecular complexity index is 728. The first-order valence-electron chi connectivity index (χ1n) is 8.92. The lowest BCUT2D eigenvalue weighted by Gasteiger charge is -2.37. The SMILES string of the molecule is O=C([C@H]1CCCN(c2cnc3nccnc3c2)C1)N1CCCCC1. The smallest absolute Gasteiger partial charge is 0.227 e. The summed E-state index contributed by atoms with van der Waals surface area (Å²) in [5, 5.41) is 0. The van der Waals surface area contributed by atoms with E-state index in [1.807, 2.05) is 12.3 Å². The molecule has 2 fully saturated rings. The van der Waals surface area contributed by atoms with Crippen LogP contribution in [0.2, 0.25) is 0 Å². The van der Waals surface area contributed by atoms with Gasteiger partial charge < -0.3 is 9.80 Å². The minimum Gasteiger partial charge on any atom is -0.369 e. The van der Waals surface area contributed by atoms with E-state index in [2.05, 4.69) is 24.8 Å². The molecule has 1 atom stereocenters. The summed E-state index contributed by atoms with van der Waals surface area (Å²) in [5.41, 5.74) is 2.51. The highest BCUT2D eigenvalue weighted by Crippen LogP contribution is 2.26. The van der Waals surface area contributed by atoms with Crippen molar-refractivity contribution in [2.24, 2.45) is 5.92 Å². The molecule has 0 N–H and O–H groups in total. The van der Waals surface area contributed by atoms with Crippen molar-refractivity contribution in [3.63, 3.8) is 0 Å². The molecule has 0 unspecified atom stereocenters. The highest BCUT2D eigenvalue weighted by Gasteiger charge is 2.30. The zero-order valence-electron chi connectivity index (χ0n) is 13.9. The quantitative estimate of drug-likeness (QED) is 0.847. The molecule has 0 saturated carbocycles. The first kappa shape index (κ1) is 15.3. The number of fused-ring (bicyclic) bond motifs is 1. The van der Waals surface area contributed by atoms with Gasteiger partial charge in [0, 0.05) is 38.6 Å². The van der Waals surface area contributed by atoms with Crippen LogP contribution in [0.3, 0.4) is 0 Å². The highest BCUT2D eigenvalue weighted by atomic mass is 16.2. The molecule has 2 aliphatic rings. The molecule has 0 aromatic carbocycles. The molecule has 6 heteroatoms. The van der Waals surface area contributed by atoms with Crippen molar-refractivity contribution in [3.05, 3.63) is 24.7 Å². The van der Waals surface area contributed by atoms with E-state index >= 15 is 0 Å². The van der Waals surface area contributed by atoms with Crippen molar-refractivity contribution < 1.29 is 4.79 Å². The van der Waals surface area contributed by atoms with Crippen LogP contribution in [0, 0.1) is 5.92 Å². The topological polar surface area (TPSA) is 62.2 Å². The third-order valence-corrected chi connectivity index (χ3v) is 5.11. The van der Waals surface area contributed by atoms with Gasteiger partial charge in [0.05, 0.1) is 17.8 Å². The maximum absolute atomic E-state index is 12.8. The van der Waals surface area contributed by atoms with Crippen LogP contribution in [-0.2, 0) is 4.79 Å². The van der Waals surface area contributed by atoms with Gasteiger partial charge >= 0.3 is 0 Å². The van der Waals surface area contributed by atoms with E-state index in [0.717, 1.165) is 63.1 Å². The number of amides is 1. The normalized spacial score (nSPS) is 21.9. The average Bonchev–Trinajstić information content (AvgIpc) is 2.68. The van der Waals surface area contributed by atoms with Gasteiger partial charge in [0.15, 0.2) is 5.65 Å². The first-order valence-corrected chi connectivity index (χ1v) is 8.92. The number of carbonyl (C=O) groups excluding carboxylic acids is 1. The highest BCUT2D eigenvalue weighted by molar-refractivity contribution is 5.80. The fraction of sp³-hybridized carbons (Fsp3) is 0.556. The predicted octanol–water partition coefficient (Wildman–Crippen LogP) is 2.25. The van der Waals surface area contributed by atoms with Crippen LogP contribution in [0.1, 0.15) is 32.1 Å². The van der Waals surface area contributed by atoms with Gasteiger partial charge in [-0.25, -0.2) is 9.97 Å². The minimum atomic E-state index is 0.106. The Morgan fingerprint density at radius 1 is 1.00 bits per heavy atom. The number of nitrogens with zero attached hydrogens (tertiary/aromatic N) is 5. The van der Waals surface area contributed by atoms with Gasteiger partial charge in [0.2, 0.25) is 5.91 Å². The number of pyridine rings is 1. The lowest BCUT2D eigenvalue weighted by molar-refractivity contribution is -0.136. The first-order chi connectivity index (χ1) is 11.8. The molecule has 126 valence electrons. The molecular formula is C18H23N5O. The van der Waals surface area contributed by atoms with Gasteiger partial charge in [-0.15, -0.1) is 0 Å². The van der Waals surface area contributed by atoms with Crippen molar-refractivity contribution in [2.45, 2.75) is 32.1 Å². The van der Waals surface area contributed by atoms with Crippen molar-refractivity contribution in [1.29, 1.82) is 0 Å². The summed E-state index contributed by atoms with van der Waals surface area (Å²) in [6.07, 6.45) is 10.8. The summed E-state index contributed by atoms with van der Waals surface area (Å²) in [7, 11) is 0. The number of rotatable bonds is 2. The van der Waals surface area contributed by atoms with E-state index < -0.39 is 0 Å². The van der Waals surface area contributed by atoms with Crippen LogP contribution in [0.4, 0.5) is 5.69 Å². The Morgan fingerprint density at radius 2 is 1.83 bits per heavy atom. The van der Waals surface area contributed by atoms with E-state index in [4.69, 9.17) is 0 Å². The molecule has 1 amide bonds. The van der Waals surface area contributed by atoms with Crippen molar-refractivity contribution in [1.82, 2.24) is 19.9 Å². The molecule has 2 aromatic heterocycles. The van der Waals surface area contributed by atoms with Gasteiger partial charge in [-0.3, -0.25) is 9.78 Å². The maximum atomic E-state index is 12.8. The molecule has 4 heterocycles. The predicted molar refractivity (Wildman–Crippen MR) is 92.7 cm³/mol. The fourth-order valence-electron chi connectivity index (χ4n) is 3.81. The Kier molecular flexibility index (Phi) is 4.28. The molecule has 24 heavy (non-hydrogen) atoms. The van der Waals surface area contributed by atoms with E-state index in [-0.39, 0.29) is 5.92 Å². The zero-order chi connectivity index (χ0) is 16.4. The van der Waals surface area contributed by atoms with Gasteiger partial charge in [-0.05, 0) is 38.2 Å². The third-order valence-electron chi connectivity index (χ3n) is 5.11. The van der Waals surface area contributed by atoms with Gasteiger partial charge in [0.1, 0.15) is 5.52 Å². The number of aromatic nitrogens is 3. The number of hydrogen-bond acceptors (Lipinski definition) is 5. The molecule has 6 nitrogen and oxygen atoms in total. The standard InChI is InChI=1S/C18H23N5O/c24-18(22-8-2-1-3-9-22)14-5-4-10-23(13-14)15-11-16-17(21-12-15)20-7-6-19-16/h6-7,11-12,14H,1-5,8-10,13H2/t14-/m0/s1. The second-order valence-corrected chi connectivity index (χ2v) is 6.76. The minimum absolute atomic E-state index is 0.106. The number of hydrogen-bond donors (Lipinski definition) is 0. The molecule has 2 aromatic rings. The second-order valence-electron chi connectivity index (χ2n) is 6.76. The van der Waals surface area contributed by atoms with Crippen molar-refractivity contribution >= 4 is 22.8 Å². The molecule has 0 bridgehead atoms. The lowest BCUT2D eigenvalue weighted by Crippen LogP contribution is -2.46. The summed E-state index contributed by atoms with van der Waals surface area (Å²) >= 11 is 0. The van der Waals surface area contributed by atoms with Crippen LogP contribution >= 0.6 is 0 Å². The third kappa shape index (κ3) is 3.05. The van der Waals surface area contributed by atoms with E-state index in [1.165, 1.54) is 6.42 Å². The van der Waals surface area contributed by atoms with Crippen LogP contribution in [0.15, 0.2) is 24.7 Å². The molecule has 2 saturated heterocycles. The lowest BCUT2D eigenvalue weighted by atomic mass is 9.95. The van der Waals surface area contributed by atoms with Crippen molar-refractivity contribution in [3.8, 4) is 0 Å². The van der Waals surface area contributed by atoms with Crippen LogP contribution in [0.25, 0.3) is 11.2 Å². The Morgan fingerprint density at radius 3 is 2.71 bits per heavy atom. The number of likely N-dealkylation sites (tertiary alicyclic amines) is 1. The number of piperidine rings is 2. The van der Waals surface area contributed by atoms with E-state index in [1.54, 1.807) is 12.4 Å². The second kappa shape index (κ2) is 6.71. The summed E-state index contributed by atoms with van der Waals surface area (Å²) in [5.74, 6) is 0.447. The average molecular weight is 325 g/mol. The monoisotopic (exact) mass is 325 g/mol. The summed E-state index contributed by atoms with van der Waals surface area (Å²) in [6.45, 7) is 3.62. The Hall–Kier alpha value is -2.24. The number of carbonyl (C=O) groups is 1. The fourth-order valence-corrected chi connectivity index (χ4v) is 3.81. The van der Waals surface area contributed by atoms with Gasteiger partial charge in [-0.2, -0.15) is 0 Å². The van der Waals surface area contributed by atoms with Crippen LogP contribution in [-0.4, -0.2) is 51.9 Å². The summed E-state index contributed by atoms with van der Waals surface area (Å²) < 4.78 is 0. The van der Waals surface area contributed by atoms with Crippen LogP contribution < -0.4 is 4.90 Å². The maximum Gasteiger partial charge on any atom is 0.227 e. The molecule has 0 radical (unpaired) electrons. The van der Waals surface area contributed by atoms with E-state index in [9.17, 15) is 4.79 Å². The molecular weight excluding hydrogens is 302 g/mol. The Labute approximate surface area is 141 Å². The molecule has 0 spiro atoms. The zero-order valence-corrected chi connectivity index (χ0v) is 13.9. The van der Waals surface area contributed by atoms with E-state index in [0.29, 0.717) is 11.6 Å². The van der Waals surface area contributed by atoms with Gasteiger partial charge in [-0.1, -0.05) is 0 Å². The van der Waals surface area contributed by atoms with Crippen molar-refractivity contribution in [2.75, 3.05) is 31.1 Å². The molecule has 4 rings (SSSR count). The molecule has 2 aliphatic heterocycles. The number of anilines is 1.